The van der Waals surface area contributed by atoms with Crippen molar-refractivity contribution in [1.29, 1.82) is 0 Å². The molecular formula is C15H22ClNO. The molecule has 18 heavy (non-hydrogen) atoms. The minimum Gasteiger partial charge on any atom is -0.396 e. The summed E-state index contributed by atoms with van der Waals surface area (Å²) in [7, 11) is 0. The molecule has 1 saturated heterocycles. The van der Waals surface area contributed by atoms with E-state index in [2.05, 4.69) is 37.8 Å². The second-order valence-corrected chi connectivity index (χ2v) is 6.37. The van der Waals surface area contributed by atoms with E-state index in [0.29, 0.717) is 12.5 Å². The molecule has 2 nitrogen and oxygen atoms in total. The van der Waals surface area contributed by atoms with E-state index < -0.39 is 0 Å². The minimum atomic E-state index is 0.0705. The van der Waals surface area contributed by atoms with Gasteiger partial charge in [0, 0.05) is 29.4 Å². The number of hydrogen-bond acceptors (Lipinski definition) is 2. The van der Waals surface area contributed by atoms with Crippen molar-refractivity contribution in [2.24, 2.45) is 5.92 Å². The van der Waals surface area contributed by atoms with Gasteiger partial charge >= 0.3 is 0 Å². The lowest BCUT2D eigenvalue weighted by atomic mass is 9.82. The highest BCUT2D eigenvalue weighted by Gasteiger charge is 2.35. The predicted molar refractivity (Wildman–Crippen MR) is 77.4 cm³/mol. The van der Waals surface area contributed by atoms with Crippen molar-refractivity contribution >= 4 is 17.3 Å². The van der Waals surface area contributed by atoms with Crippen LogP contribution in [0.25, 0.3) is 0 Å². The zero-order chi connectivity index (χ0) is 13.3. The van der Waals surface area contributed by atoms with Crippen LogP contribution in [0.2, 0.25) is 5.02 Å². The third-order valence-electron chi connectivity index (χ3n) is 4.00. The van der Waals surface area contributed by atoms with Crippen LogP contribution in [-0.2, 0) is 0 Å². The van der Waals surface area contributed by atoms with Crippen molar-refractivity contribution in [3.63, 3.8) is 0 Å². The Bertz CT molecular complexity index is 431. The van der Waals surface area contributed by atoms with Crippen LogP contribution in [0.15, 0.2) is 18.2 Å². The van der Waals surface area contributed by atoms with Crippen molar-refractivity contribution in [1.82, 2.24) is 0 Å². The van der Waals surface area contributed by atoms with Crippen molar-refractivity contribution in [2.45, 2.75) is 39.2 Å². The molecule has 100 valence electrons. The van der Waals surface area contributed by atoms with Gasteiger partial charge in [0.1, 0.15) is 0 Å². The first-order valence-electron chi connectivity index (χ1n) is 6.58. The molecule has 1 atom stereocenters. The highest BCUT2D eigenvalue weighted by atomic mass is 35.5. The zero-order valence-electron chi connectivity index (χ0n) is 11.4. The van der Waals surface area contributed by atoms with E-state index in [9.17, 15) is 5.11 Å². The Morgan fingerprint density at radius 2 is 2.17 bits per heavy atom. The van der Waals surface area contributed by atoms with Gasteiger partial charge in [0.05, 0.1) is 0 Å². The highest BCUT2D eigenvalue weighted by molar-refractivity contribution is 6.30. The maximum absolute atomic E-state index is 9.34. The summed E-state index contributed by atoms with van der Waals surface area (Å²) < 4.78 is 0. The molecule has 0 aromatic heterocycles. The molecule has 2 rings (SSSR count). The molecule has 1 aromatic rings. The first kappa shape index (κ1) is 13.7. The summed E-state index contributed by atoms with van der Waals surface area (Å²) in [6.45, 7) is 7.90. The Kier molecular flexibility index (Phi) is 3.88. The summed E-state index contributed by atoms with van der Waals surface area (Å²) in [5, 5.41) is 10.1. The van der Waals surface area contributed by atoms with Crippen molar-refractivity contribution in [3.05, 3.63) is 28.8 Å². The lowest BCUT2D eigenvalue weighted by Gasteiger charge is -2.47. The fourth-order valence-corrected chi connectivity index (χ4v) is 3.18. The molecule has 1 aliphatic heterocycles. The van der Waals surface area contributed by atoms with Crippen LogP contribution in [0.5, 0.6) is 0 Å². The largest absolute Gasteiger partial charge is 0.396 e. The van der Waals surface area contributed by atoms with Gasteiger partial charge in [-0.3, -0.25) is 0 Å². The van der Waals surface area contributed by atoms with E-state index in [4.69, 9.17) is 11.6 Å². The minimum absolute atomic E-state index is 0.0705. The van der Waals surface area contributed by atoms with E-state index in [0.717, 1.165) is 24.4 Å². The molecular weight excluding hydrogens is 246 g/mol. The molecule has 1 heterocycles. The summed E-state index contributed by atoms with van der Waals surface area (Å²) >= 11 is 6.12. The number of aliphatic hydroxyl groups excluding tert-OH is 1. The molecule has 1 fully saturated rings. The molecule has 1 N–H and O–H groups in total. The Balaban J connectivity index is 2.30. The molecule has 0 saturated carbocycles. The van der Waals surface area contributed by atoms with Gasteiger partial charge in [-0.1, -0.05) is 17.7 Å². The zero-order valence-corrected chi connectivity index (χ0v) is 12.2. The Morgan fingerprint density at radius 1 is 1.44 bits per heavy atom. The Morgan fingerprint density at radius 3 is 2.78 bits per heavy atom. The topological polar surface area (TPSA) is 23.5 Å². The van der Waals surface area contributed by atoms with Crippen LogP contribution >= 0.6 is 11.6 Å². The number of anilines is 1. The van der Waals surface area contributed by atoms with Crippen LogP contribution in [0.3, 0.4) is 0 Å². The standard InChI is InChI=1S/C15H22ClNO/c1-11-4-5-13(16)8-14(11)17-7-6-12(10-18)9-15(17,2)3/h4-5,8,12,18H,6-7,9-10H2,1-3H3. The van der Waals surface area contributed by atoms with Gasteiger partial charge in [-0.05, 0) is 57.2 Å². The Labute approximate surface area is 115 Å². The number of aryl methyl sites for hydroxylation is 1. The molecule has 1 unspecified atom stereocenters. The van der Waals surface area contributed by atoms with E-state index in [1.54, 1.807) is 0 Å². The number of hydrogen-bond donors (Lipinski definition) is 1. The summed E-state index contributed by atoms with van der Waals surface area (Å²) in [5.74, 6) is 0.427. The summed E-state index contributed by atoms with van der Waals surface area (Å²) in [5.41, 5.74) is 2.56. The Hall–Kier alpha value is -0.730. The van der Waals surface area contributed by atoms with Crippen LogP contribution in [0, 0.1) is 12.8 Å². The molecule has 1 aromatic carbocycles. The number of nitrogens with zero attached hydrogens (tertiary/aromatic N) is 1. The van der Waals surface area contributed by atoms with Crippen LogP contribution in [-0.4, -0.2) is 23.8 Å². The van der Waals surface area contributed by atoms with Crippen molar-refractivity contribution < 1.29 is 5.11 Å². The first-order valence-corrected chi connectivity index (χ1v) is 6.96. The summed E-state index contributed by atoms with van der Waals surface area (Å²) in [6, 6.07) is 6.07. The fourth-order valence-electron chi connectivity index (χ4n) is 3.01. The third-order valence-corrected chi connectivity index (χ3v) is 4.24. The molecule has 0 radical (unpaired) electrons. The van der Waals surface area contributed by atoms with E-state index in [1.807, 2.05) is 6.07 Å². The van der Waals surface area contributed by atoms with Gasteiger partial charge in [-0.2, -0.15) is 0 Å². The quantitative estimate of drug-likeness (QED) is 0.884. The smallest absolute Gasteiger partial charge is 0.0460 e. The average molecular weight is 268 g/mol. The fraction of sp³-hybridized carbons (Fsp3) is 0.600. The second kappa shape index (κ2) is 5.10. The molecule has 3 heteroatoms. The monoisotopic (exact) mass is 267 g/mol. The van der Waals surface area contributed by atoms with Crippen molar-refractivity contribution in [2.75, 3.05) is 18.1 Å². The first-order chi connectivity index (χ1) is 8.44. The average Bonchev–Trinajstić information content (AvgIpc) is 2.31. The number of benzene rings is 1. The normalized spacial score (nSPS) is 23.2. The van der Waals surface area contributed by atoms with Gasteiger partial charge in [-0.15, -0.1) is 0 Å². The van der Waals surface area contributed by atoms with E-state index >= 15 is 0 Å². The summed E-state index contributed by atoms with van der Waals surface area (Å²) in [6.07, 6.45) is 2.07. The number of halogens is 1. The highest BCUT2D eigenvalue weighted by Crippen LogP contribution is 2.37. The number of rotatable bonds is 2. The lowest BCUT2D eigenvalue weighted by molar-refractivity contribution is 0.166. The SMILES string of the molecule is Cc1ccc(Cl)cc1N1CCC(CO)CC1(C)C. The van der Waals surface area contributed by atoms with Crippen molar-refractivity contribution in [3.8, 4) is 0 Å². The number of aliphatic hydroxyl groups is 1. The van der Waals surface area contributed by atoms with Gasteiger partial charge in [0.25, 0.3) is 0 Å². The molecule has 0 amide bonds. The molecule has 1 aliphatic rings. The third kappa shape index (κ3) is 2.65. The predicted octanol–water partition coefficient (Wildman–Crippen LogP) is 3.64. The summed E-state index contributed by atoms with van der Waals surface area (Å²) in [4.78, 5) is 2.43. The van der Waals surface area contributed by atoms with E-state index in [-0.39, 0.29) is 5.54 Å². The van der Waals surface area contributed by atoms with Gasteiger partial charge in [0.15, 0.2) is 0 Å². The maximum atomic E-state index is 9.34. The van der Waals surface area contributed by atoms with Crippen LogP contribution in [0.4, 0.5) is 5.69 Å². The van der Waals surface area contributed by atoms with Gasteiger partial charge in [-0.25, -0.2) is 0 Å². The van der Waals surface area contributed by atoms with Crippen LogP contribution in [0.1, 0.15) is 32.3 Å². The molecule has 0 aliphatic carbocycles. The number of piperidine rings is 1. The van der Waals surface area contributed by atoms with Gasteiger partial charge in [0.2, 0.25) is 0 Å². The van der Waals surface area contributed by atoms with E-state index in [1.165, 1.54) is 11.3 Å². The maximum Gasteiger partial charge on any atom is 0.0460 e. The second-order valence-electron chi connectivity index (χ2n) is 5.94. The lowest BCUT2D eigenvalue weighted by Crippen LogP contribution is -2.51. The van der Waals surface area contributed by atoms with Crippen LogP contribution < -0.4 is 4.90 Å². The molecule has 0 bridgehead atoms. The van der Waals surface area contributed by atoms with Gasteiger partial charge < -0.3 is 10.0 Å². The molecule has 0 spiro atoms.